The van der Waals surface area contributed by atoms with Crippen LogP contribution in [-0.2, 0) is 16.1 Å². The average Bonchev–Trinajstić information content (AvgIpc) is 3.08. The number of nitrogens with zero attached hydrogens (tertiary/aromatic N) is 1. The summed E-state index contributed by atoms with van der Waals surface area (Å²) >= 11 is 0. The van der Waals surface area contributed by atoms with Crippen molar-refractivity contribution < 1.29 is 14.0 Å². The van der Waals surface area contributed by atoms with E-state index in [2.05, 4.69) is 0 Å². The molecule has 1 aliphatic carbocycles. The van der Waals surface area contributed by atoms with Crippen LogP contribution < -0.4 is 0 Å². The quantitative estimate of drug-likeness (QED) is 0.751. The number of carbonyl (C=O) groups is 2. The van der Waals surface area contributed by atoms with Gasteiger partial charge >= 0.3 is 0 Å². The highest BCUT2D eigenvalue weighted by atomic mass is 19.1. The number of Topliss-reactive ketones (excluding diaryl/α,β-unsaturated/α-hetero) is 1. The number of amides is 1. The fraction of sp³-hybridized carbons (Fsp3) is 0.429. The first-order valence-electron chi connectivity index (χ1n) is 6.09. The fourth-order valence-electron chi connectivity index (χ4n) is 1.95. The average molecular weight is 249 g/mol. The Balaban J connectivity index is 2.06. The first-order valence-corrected chi connectivity index (χ1v) is 6.09. The second-order valence-electron chi connectivity index (χ2n) is 4.76. The van der Waals surface area contributed by atoms with Crippen LogP contribution in [0.3, 0.4) is 0 Å². The van der Waals surface area contributed by atoms with Crippen LogP contribution in [0.5, 0.6) is 0 Å². The Labute approximate surface area is 106 Å². The maximum absolute atomic E-state index is 13.1. The van der Waals surface area contributed by atoms with E-state index < -0.39 is 0 Å². The molecule has 1 saturated carbocycles. The number of halogens is 1. The standard InChI is InChI=1S/C14H16FNO2/c1-10(17)7-14(18)16(13-5-6-13)9-11-3-2-4-12(15)8-11/h2-4,8,13H,5-7,9H2,1H3. The van der Waals surface area contributed by atoms with Crippen molar-refractivity contribution in [3.8, 4) is 0 Å². The monoisotopic (exact) mass is 249 g/mol. The molecule has 3 nitrogen and oxygen atoms in total. The molecule has 0 spiro atoms. The highest BCUT2D eigenvalue weighted by Crippen LogP contribution is 2.29. The SMILES string of the molecule is CC(=O)CC(=O)N(Cc1cccc(F)c1)C1CC1. The van der Waals surface area contributed by atoms with Gasteiger partial charge in [0.05, 0.1) is 6.42 Å². The van der Waals surface area contributed by atoms with Crippen molar-refractivity contribution in [3.63, 3.8) is 0 Å². The largest absolute Gasteiger partial charge is 0.335 e. The summed E-state index contributed by atoms with van der Waals surface area (Å²) in [6.45, 7) is 1.79. The van der Waals surface area contributed by atoms with Crippen LogP contribution >= 0.6 is 0 Å². The Morgan fingerprint density at radius 1 is 1.39 bits per heavy atom. The van der Waals surface area contributed by atoms with Gasteiger partial charge in [-0.05, 0) is 37.5 Å². The van der Waals surface area contributed by atoms with Crippen LogP contribution in [0.2, 0.25) is 0 Å². The van der Waals surface area contributed by atoms with E-state index in [4.69, 9.17) is 0 Å². The molecule has 0 aliphatic heterocycles. The second-order valence-corrected chi connectivity index (χ2v) is 4.76. The summed E-state index contributed by atoms with van der Waals surface area (Å²) in [5.41, 5.74) is 0.763. The highest BCUT2D eigenvalue weighted by molar-refractivity contribution is 5.97. The van der Waals surface area contributed by atoms with Crippen LogP contribution in [0.25, 0.3) is 0 Å². The maximum Gasteiger partial charge on any atom is 0.230 e. The van der Waals surface area contributed by atoms with E-state index in [1.165, 1.54) is 19.1 Å². The molecule has 1 amide bonds. The number of carbonyl (C=O) groups excluding carboxylic acids is 2. The normalized spacial score (nSPS) is 14.3. The summed E-state index contributed by atoms with van der Waals surface area (Å²) in [6, 6.07) is 6.45. The van der Waals surface area contributed by atoms with Crippen LogP contribution in [0.15, 0.2) is 24.3 Å². The second kappa shape index (κ2) is 5.29. The first-order chi connectivity index (χ1) is 8.56. The van der Waals surface area contributed by atoms with E-state index in [9.17, 15) is 14.0 Å². The predicted molar refractivity (Wildman–Crippen MR) is 65.3 cm³/mol. The molecule has 0 bridgehead atoms. The summed E-state index contributed by atoms with van der Waals surface area (Å²) < 4.78 is 13.1. The smallest absolute Gasteiger partial charge is 0.230 e. The first kappa shape index (κ1) is 12.7. The van der Waals surface area contributed by atoms with E-state index in [0.717, 1.165) is 18.4 Å². The van der Waals surface area contributed by atoms with Gasteiger partial charge in [-0.2, -0.15) is 0 Å². The lowest BCUT2D eigenvalue weighted by Crippen LogP contribution is -2.33. The third-order valence-electron chi connectivity index (χ3n) is 2.95. The van der Waals surface area contributed by atoms with Crippen molar-refractivity contribution in [2.45, 2.75) is 38.8 Å². The van der Waals surface area contributed by atoms with Crippen LogP contribution in [0, 0.1) is 5.82 Å². The zero-order valence-electron chi connectivity index (χ0n) is 10.4. The zero-order chi connectivity index (χ0) is 13.1. The number of ketones is 1. The van der Waals surface area contributed by atoms with Crippen molar-refractivity contribution in [1.82, 2.24) is 4.90 Å². The molecule has 1 aliphatic rings. The Bertz CT molecular complexity index is 469. The van der Waals surface area contributed by atoms with Crippen LogP contribution in [0.1, 0.15) is 31.7 Å². The number of hydrogen-bond donors (Lipinski definition) is 0. The molecule has 4 heteroatoms. The van der Waals surface area contributed by atoms with E-state index >= 15 is 0 Å². The number of hydrogen-bond acceptors (Lipinski definition) is 2. The summed E-state index contributed by atoms with van der Waals surface area (Å²) in [5.74, 6) is -0.596. The zero-order valence-corrected chi connectivity index (χ0v) is 10.4. The molecule has 96 valence electrons. The molecule has 1 aromatic carbocycles. The Hall–Kier alpha value is -1.71. The molecular weight excluding hydrogens is 233 g/mol. The molecule has 0 heterocycles. The Morgan fingerprint density at radius 2 is 2.11 bits per heavy atom. The van der Waals surface area contributed by atoms with Gasteiger partial charge in [-0.15, -0.1) is 0 Å². The van der Waals surface area contributed by atoms with Crippen LogP contribution in [0.4, 0.5) is 4.39 Å². The van der Waals surface area contributed by atoms with E-state index in [0.29, 0.717) is 6.54 Å². The fourth-order valence-corrected chi connectivity index (χ4v) is 1.95. The molecule has 0 atom stereocenters. The van der Waals surface area contributed by atoms with Gasteiger partial charge in [-0.1, -0.05) is 12.1 Å². The molecule has 0 aromatic heterocycles. The molecule has 2 rings (SSSR count). The Morgan fingerprint density at radius 3 is 2.67 bits per heavy atom. The van der Waals surface area contributed by atoms with Gasteiger partial charge in [-0.3, -0.25) is 9.59 Å². The van der Waals surface area contributed by atoms with Gasteiger partial charge in [0.25, 0.3) is 0 Å². The van der Waals surface area contributed by atoms with Gasteiger partial charge in [0, 0.05) is 12.6 Å². The van der Waals surface area contributed by atoms with E-state index in [1.54, 1.807) is 17.0 Å². The lowest BCUT2D eigenvalue weighted by Gasteiger charge is -2.22. The molecular formula is C14H16FNO2. The van der Waals surface area contributed by atoms with E-state index in [-0.39, 0.29) is 30.0 Å². The van der Waals surface area contributed by atoms with Crippen LogP contribution in [-0.4, -0.2) is 22.6 Å². The van der Waals surface area contributed by atoms with E-state index in [1.807, 2.05) is 0 Å². The molecule has 0 unspecified atom stereocenters. The minimum Gasteiger partial charge on any atom is -0.335 e. The number of benzene rings is 1. The van der Waals surface area contributed by atoms with Gasteiger partial charge in [0.1, 0.15) is 11.6 Å². The van der Waals surface area contributed by atoms with Gasteiger partial charge in [0.15, 0.2) is 0 Å². The lowest BCUT2D eigenvalue weighted by molar-refractivity contribution is -0.135. The topological polar surface area (TPSA) is 37.4 Å². The Kier molecular flexibility index (Phi) is 3.75. The molecule has 0 N–H and O–H groups in total. The maximum atomic E-state index is 13.1. The van der Waals surface area contributed by atoms with Crippen molar-refractivity contribution in [1.29, 1.82) is 0 Å². The van der Waals surface area contributed by atoms with Gasteiger partial charge in [0.2, 0.25) is 5.91 Å². The van der Waals surface area contributed by atoms with Gasteiger partial charge < -0.3 is 4.90 Å². The molecule has 0 radical (unpaired) electrons. The molecule has 0 saturated heterocycles. The van der Waals surface area contributed by atoms with Crippen molar-refractivity contribution in [2.24, 2.45) is 0 Å². The summed E-state index contributed by atoms with van der Waals surface area (Å²) in [5, 5.41) is 0. The predicted octanol–water partition coefficient (Wildman–Crippen LogP) is 2.30. The third kappa shape index (κ3) is 3.39. The van der Waals surface area contributed by atoms with Crippen molar-refractivity contribution in [3.05, 3.63) is 35.6 Å². The summed E-state index contributed by atoms with van der Waals surface area (Å²) in [6.07, 6.45) is 1.88. The summed E-state index contributed by atoms with van der Waals surface area (Å²) in [4.78, 5) is 24.6. The third-order valence-corrected chi connectivity index (χ3v) is 2.95. The number of rotatable bonds is 5. The molecule has 18 heavy (non-hydrogen) atoms. The van der Waals surface area contributed by atoms with Gasteiger partial charge in [-0.25, -0.2) is 4.39 Å². The molecule has 1 fully saturated rings. The lowest BCUT2D eigenvalue weighted by atomic mass is 10.2. The highest BCUT2D eigenvalue weighted by Gasteiger charge is 2.32. The minimum absolute atomic E-state index is 0.0637. The minimum atomic E-state index is -0.303. The summed E-state index contributed by atoms with van der Waals surface area (Å²) in [7, 11) is 0. The molecule has 1 aromatic rings. The van der Waals surface area contributed by atoms with Crippen molar-refractivity contribution in [2.75, 3.05) is 0 Å². The van der Waals surface area contributed by atoms with Crippen molar-refractivity contribution >= 4 is 11.7 Å².